The molecule has 3 unspecified atom stereocenters. The van der Waals surface area contributed by atoms with Gasteiger partial charge < -0.3 is 5.11 Å². The van der Waals surface area contributed by atoms with Gasteiger partial charge in [0.05, 0.1) is 6.10 Å². The van der Waals surface area contributed by atoms with Gasteiger partial charge in [0.15, 0.2) is 0 Å². The smallest absolute Gasteiger partial charge is 0.0664 e. The predicted octanol–water partition coefficient (Wildman–Crippen LogP) is 1.88. The molecular formula is C11H23NO. The van der Waals surface area contributed by atoms with Gasteiger partial charge in [-0.15, -0.1) is 0 Å². The molecule has 0 aromatic heterocycles. The Labute approximate surface area is 81.9 Å². The maximum absolute atomic E-state index is 9.49. The van der Waals surface area contributed by atoms with E-state index in [1.54, 1.807) is 0 Å². The highest BCUT2D eigenvalue weighted by Gasteiger charge is 2.20. The van der Waals surface area contributed by atoms with Crippen molar-refractivity contribution >= 4 is 0 Å². The van der Waals surface area contributed by atoms with Crippen LogP contribution in [0.5, 0.6) is 0 Å². The second-order valence-corrected chi connectivity index (χ2v) is 4.55. The van der Waals surface area contributed by atoms with Gasteiger partial charge in [-0.1, -0.05) is 6.92 Å². The first-order chi connectivity index (χ1) is 6.11. The van der Waals surface area contributed by atoms with E-state index in [0.717, 1.165) is 19.0 Å². The molecule has 1 fully saturated rings. The number of aliphatic hydroxyl groups is 1. The SMILES string of the molecule is CC1CCCN(C(C)C(C)O)CC1. The summed E-state index contributed by atoms with van der Waals surface area (Å²) in [5, 5.41) is 9.49. The van der Waals surface area contributed by atoms with Crippen molar-refractivity contribution in [2.75, 3.05) is 13.1 Å². The minimum atomic E-state index is -0.201. The van der Waals surface area contributed by atoms with Crippen LogP contribution in [0.1, 0.15) is 40.0 Å². The minimum absolute atomic E-state index is 0.201. The van der Waals surface area contributed by atoms with E-state index in [9.17, 15) is 5.11 Å². The highest BCUT2D eigenvalue weighted by molar-refractivity contribution is 4.75. The first-order valence-electron chi connectivity index (χ1n) is 5.53. The summed E-state index contributed by atoms with van der Waals surface area (Å²) in [6.07, 6.45) is 3.73. The minimum Gasteiger partial charge on any atom is -0.392 e. The van der Waals surface area contributed by atoms with Gasteiger partial charge in [0, 0.05) is 6.04 Å². The summed E-state index contributed by atoms with van der Waals surface area (Å²) in [4.78, 5) is 2.42. The topological polar surface area (TPSA) is 23.5 Å². The fourth-order valence-electron chi connectivity index (χ4n) is 2.00. The Morgan fingerprint density at radius 1 is 1.23 bits per heavy atom. The van der Waals surface area contributed by atoms with Crippen molar-refractivity contribution in [1.29, 1.82) is 0 Å². The van der Waals surface area contributed by atoms with Gasteiger partial charge in [-0.2, -0.15) is 0 Å². The lowest BCUT2D eigenvalue weighted by molar-refractivity contribution is 0.0724. The molecular weight excluding hydrogens is 162 g/mol. The summed E-state index contributed by atoms with van der Waals surface area (Å²) < 4.78 is 0. The van der Waals surface area contributed by atoms with Gasteiger partial charge in [0.2, 0.25) is 0 Å². The third kappa shape index (κ3) is 3.28. The van der Waals surface area contributed by atoms with Crippen LogP contribution in [0.15, 0.2) is 0 Å². The molecule has 0 bridgehead atoms. The standard InChI is InChI=1S/C11H23NO/c1-9-5-4-7-12(8-6-9)10(2)11(3)13/h9-11,13H,4-8H2,1-3H3. The van der Waals surface area contributed by atoms with E-state index in [4.69, 9.17) is 0 Å². The molecule has 78 valence electrons. The van der Waals surface area contributed by atoms with E-state index in [0.29, 0.717) is 6.04 Å². The Bertz CT molecular complexity index is 147. The molecule has 1 rings (SSSR count). The van der Waals surface area contributed by atoms with Crippen LogP contribution in [-0.4, -0.2) is 35.2 Å². The first kappa shape index (κ1) is 11.0. The average molecular weight is 185 g/mol. The van der Waals surface area contributed by atoms with Crippen LogP contribution in [0.2, 0.25) is 0 Å². The maximum Gasteiger partial charge on any atom is 0.0664 e. The van der Waals surface area contributed by atoms with Crippen LogP contribution in [0.4, 0.5) is 0 Å². The van der Waals surface area contributed by atoms with E-state index in [-0.39, 0.29) is 6.10 Å². The van der Waals surface area contributed by atoms with Crippen LogP contribution < -0.4 is 0 Å². The molecule has 1 aliphatic rings. The summed E-state index contributed by atoms with van der Waals surface area (Å²) in [5.74, 6) is 0.867. The van der Waals surface area contributed by atoms with Crippen LogP contribution in [0, 0.1) is 5.92 Å². The second-order valence-electron chi connectivity index (χ2n) is 4.55. The van der Waals surface area contributed by atoms with Crippen LogP contribution in [0.25, 0.3) is 0 Å². The zero-order valence-electron chi connectivity index (χ0n) is 9.16. The lowest BCUT2D eigenvalue weighted by Gasteiger charge is -2.29. The Balaban J connectivity index is 2.41. The van der Waals surface area contributed by atoms with Gasteiger partial charge in [0.1, 0.15) is 0 Å². The highest BCUT2D eigenvalue weighted by atomic mass is 16.3. The molecule has 1 aliphatic heterocycles. The van der Waals surface area contributed by atoms with Gasteiger partial charge in [0.25, 0.3) is 0 Å². The summed E-state index contributed by atoms with van der Waals surface area (Å²) >= 11 is 0. The van der Waals surface area contributed by atoms with Crippen LogP contribution >= 0.6 is 0 Å². The number of aliphatic hydroxyl groups excluding tert-OH is 1. The molecule has 0 aromatic carbocycles. The monoisotopic (exact) mass is 185 g/mol. The second kappa shape index (κ2) is 4.97. The van der Waals surface area contributed by atoms with Crippen molar-refractivity contribution in [3.05, 3.63) is 0 Å². The number of likely N-dealkylation sites (tertiary alicyclic amines) is 1. The van der Waals surface area contributed by atoms with E-state index < -0.39 is 0 Å². The van der Waals surface area contributed by atoms with Gasteiger partial charge in [-0.3, -0.25) is 4.90 Å². The summed E-state index contributed by atoms with van der Waals surface area (Å²) in [6, 6.07) is 0.324. The molecule has 1 N–H and O–H groups in total. The van der Waals surface area contributed by atoms with Crippen molar-refractivity contribution in [3.8, 4) is 0 Å². The van der Waals surface area contributed by atoms with Crippen LogP contribution in [-0.2, 0) is 0 Å². The Morgan fingerprint density at radius 2 is 1.92 bits per heavy atom. The largest absolute Gasteiger partial charge is 0.392 e. The Morgan fingerprint density at radius 3 is 2.54 bits per heavy atom. The molecule has 1 saturated heterocycles. The third-order valence-electron chi connectivity index (χ3n) is 3.33. The molecule has 3 atom stereocenters. The van der Waals surface area contributed by atoms with Gasteiger partial charge >= 0.3 is 0 Å². The number of hydrogen-bond acceptors (Lipinski definition) is 2. The molecule has 0 aromatic rings. The highest BCUT2D eigenvalue weighted by Crippen LogP contribution is 2.18. The van der Waals surface area contributed by atoms with E-state index >= 15 is 0 Å². The lowest BCUT2D eigenvalue weighted by Crippen LogP contribution is -2.40. The van der Waals surface area contributed by atoms with E-state index in [2.05, 4.69) is 18.7 Å². The Kier molecular flexibility index (Phi) is 4.20. The summed E-state index contributed by atoms with van der Waals surface area (Å²) in [5.41, 5.74) is 0. The maximum atomic E-state index is 9.49. The van der Waals surface area contributed by atoms with Crippen molar-refractivity contribution < 1.29 is 5.11 Å². The fraction of sp³-hybridized carbons (Fsp3) is 1.00. The third-order valence-corrected chi connectivity index (χ3v) is 3.33. The molecule has 0 amide bonds. The van der Waals surface area contributed by atoms with E-state index in [1.807, 2.05) is 6.92 Å². The van der Waals surface area contributed by atoms with Crippen molar-refractivity contribution in [2.45, 2.75) is 52.2 Å². The summed E-state index contributed by atoms with van der Waals surface area (Å²) in [6.45, 7) is 8.67. The van der Waals surface area contributed by atoms with Crippen molar-refractivity contribution in [3.63, 3.8) is 0 Å². The molecule has 2 nitrogen and oxygen atoms in total. The Hall–Kier alpha value is -0.0800. The molecule has 0 saturated carbocycles. The summed E-state index contributed by atoms with van der Waals surface area (Å²) in [7, 11) is 0. The number of nitrogens with zero attached hydrogens (tertiary/aromatic N) is 1. The zero-order valence-corrected chi connectivity index (χ0v) is 9.16. The quantitative estimate of drug-likeness (QED) is 0.710. The fourth-order valence-corrected chi connectivity index (χ4v) is 2.00. The normalized spacial score (nSPS) is 30.9. The lowest BCUT2D eigenvalue weighted by atomic mass is 10.0. The zero-order chi connectivity index (χ0) is 9.84. The predicted molar refractivity (Wildman–Crippen MR) is 55.7 cm³/mol. The molecule has 0 spiro atoms. The molecule has 0 radical (unpaired) electrons. The molecule has 2 heteroatoms. The van der Waals surface area contributed by atoms with Crippen LogP contribution in [0.3, 0.4) is 0 Å². The van der Waals surface area contributed by atoms with Crippen molar-refractivity contribution in [1.82, 2.24) is 4.90 Å². The van der Waals surface area contributed by atoms with Gasteiger partial charge in [-0.05, 0) is 52.1 Å². The number of rotatable bonds is 2. The molecule has 13 heavy (non-hydrogen) atoms. The van der Waals surface area contributed by atoms with E-state index in [1.165, 1.54) is 19.3 Å². The molecule has 0 aliphatic carbocycles. The molecule has 1 heterocycles. The van der Waals surface area contributed by atoms with Gasteiger partial charge in [-0.25, -0.2) is 0 Å². The first-order valence-corrected chi connectivity index (χ1v) is 5.53. The van der Waals surface area contributed by atoms with Crippen molar-refractivity contribution in [2.24, 2.45) is 5.92 Å². The average Bonchev–Trinajstić information content (AvgIpc) is 2.28. The number of hydrogen-bond donors (Lipinski definition) is 1.